The van der Waals surface area contributed by atoms with Crippen LogP contribution in [0, 0.1) is 0 Å². The third-order valence-electron chi connectivity index (χ3n) is 6.26. The smallest absolute Gasteiger partial charge is 0.247 e. The molecule has 2 aromatic heterocycles. The number of methoxy groups -OCH3 is 1. The van der Waals surface area contributed by atoms with Crippen molar-refractivity contribution in [2.24, 2.45) is 0 Å². The summed E-state index contributed by atoms with van der Waals surface area (Å²) in [7, 11) is 7.61. The van der Waals surface area contributed by atoms with Crippen LogP contribution in [0.3, 0.4) is 0 Å². The highest BCUT2D eigenvalue weighted by molar-refractivity contribution is 6.02. The Hall–Kier alpha value is -4.83. The van der Waals surface area contributed by atoms with Crippen LogP contribution in [-0.4, -0.2) is 66.8 Å². The van der Waals surface area contributed by atoms with E-state index in [1.165, 1.54) is 6.08 Å². The van der Waals surface area contributed by atoms with Crippen LogP contribution in [0.25, 0.3) is 22.2 Å². The van der Waals surface area contributed by atoms with Gasteiger partial charge in [-0.2, -0.15) is 0 Å². The summed E-state index contributed by atoms with van der Waals surface area (Å²) < 4.78 is 7.66. The van der Waals surface area contributed by atoms with Gasteiger partial charge in [-0.25, -0.2) is 9.97 Å². The summed E-state index contributed by atoms with van der Waals surface area (Å²) in [5.74, 6) is 0.658. The van der Waals surface area contributed by atoms with Gasteiger partial charge >= 0.3 is 0 Å². The van der Waals surface area contributed by atoms with Crippen LogP contribution >= 0.6 is 0 Å². The Labute approximate surface area is 235 Å². The molecule has 0 unspecified atom stereocenters. The highest BCUT2D eigenvalue weighted by Gasteiger charge is 2.17. The first-order valence-electron chi connectivity index (χ1n) is 12.8. The minimum Gasteiger partial charge on any atom is -0.494 e. The van der Waals surface area contributed by atoms with Gasteiger partial charge in [-0.05, 0) is 45.3 Å². The van der Waals surface area contributed by atoms with E-state index in [4.69, 9.17) is 9.72 Å². The number of hydrogen-bond donors (Lipinski definition) is 3. The first kappa shape index (κ1) is 28.2. The van der Waals surface area contributed by atoms with E-state index in [-0.39, 0.29) is 5.91 Å². The van der Waals surface area contributed by atoms with E-state index in [9.17, 15) is 4.79 Å². The summed E-state index contributed by atoms with van der Waals surface area (Å²) in [5.41, 5.74) is 8.81. The maximum Gasteiger partial charge on any atom is 0.247 e. The number of carbonyl (C=O) groups excluding carboxylic acids is 1. The Morgan fingerprint density at radius 1 is 1.12 bits per heavy atom. The molecule has 0 saturated carbocycles. The quantitative estimate of drug-likeness (QED) is 0.215. The number of fused-ring (bicyclic) bond motifs is 1. The maximum absolute atomic E-state index is 12.3. The Kier molecular flexibility index (Phi) is 8.70. The van der Waals surface area contributed by atoms with Gasteiger partial charge in [-0.15, -0.1) is 0 Å². The monoisotopic (exact) mass is 540 g/mol. The molecule has 0 bridgehead atoms. The number of ether oxygens (including phenoxy) is 1. The number of carbonyl (C=O) groups is 1. The Balaban J connectivity index is 1.72. The third kappa shape index (κ3) is 6.41. The van der Waals surface area contributed by atoms with E-state index in [0.717, 1.165) is 46.6 Å². The number of amides is 1. The van der Waals surface area contributed by atoms with Crippen molar-refractivity contribution >= 4 is 39.8 Å². The molecule has 10 heteroatoms. The summed E-state index contributed by atoms with van der Waals surface area (Å²) in [4.78, 5) is 25.7. The Bertz CT molecular complexity index is 1540. The van der Waals surface area contributed by atoms with E-state index < -0.39 is 0 Å². The van der Waals surface area contributed by atoms with Crippen LogP contribution in [0.1, 0.15) is 6.92 Å². The molecule has 40 heavy (non-hydrogen) atoms. The molecule has 1 amide bonds. The van der Waals surface area contributed by atoms with Gasteiger partial charge in [0.05, 0.1) is 35.4 Å². The van der Waals surface area contributed by atoms with Gasteiger partial charge in [-0.1, -0.05) is 31.4 Å². The van der Waals surface area contributed by atoms with E-state index in [1.54, 1.807) is 13.3 Å². The molecule has 0 radical (unpaired) electrons. The van der Waals surface area contributed by atoms with Gasteiger partial charge in [0.25, 0.3) is 0 Å². The van der Waals surface area contributed by atoms with Crippen molar-refractivity contribution in [2.75, 3.05) is 62.3 Å². The van der Waals surface area contributed by atoms with Crippen LogP contribution in [0.2, 0.25) is 0 Å². The molecule has 4 rings (SSSR count). The summed E-state index contributed by atoms with van der Waals surface area (Å²) in [6.07, 6.45) is 4.94. The number of anilines is 4. The van der Waals surface area contributed by atoms with Crippen LogP contribution in [-0.2, 0) is 4.79 Å². The van der Waals surface area contributed by atoms with Gasteiger partial charge in [0, 0.05) is 55.2 Å². The molecule has 0 spiro atoms. The highest BCUT2D eigenvalue weighted by atomic mass is 16.5. The number of nitrogens with one attached hydrogen (secondary N) is 3. The Morgan fingerprint density at radius 3 is 2.60 bits per heavy atom. The van der Waals surface area contributed by atoms with Crippen LogP contribution in [0.4, 0.5) is 23.0 Å². The van der Waals surface area contributed by atoms with Crippen molar-refractivity contribution in [1.29, 1.82) is 0 Å². The van der Waals surface area contributed by atoms with Gasteiger partial charge in [0.1, 0.15) is 5.75 Å². The van der Waals surface area contributed by atoms with Gasteiger partial charge in [-0.3, -0.25) is 14.9 Å². The molecule has 208 valence electrons. The molecule has 0 aliphatic rings. The molecule has 4 aromatic rings. The summed E-state index contributed by atoms with van der Waals surface area (Å²) in [6.45, 7) is 11.1. The standard InChI is InChI=1S/C30H36N8O2/c1-8-29(39)32-24-17-25(28(40-7)18-27(24)37(6)16-15-36(4)5)34-30-31-14-13-23(33-30)22-19-38(35-20(2)3)26-12-10-9-11-21(22)26/h8-14,17-19,35H,1-2,15-16H2,3-7H3,(H,32,39)(H,31,33,34). The van der Waals surface area contributed by atoms with E-state index in [0.29, 0.717) is 23.1 Å². The van der Waals surface area contributed by atoms with Crippen LogP contribution < -0.4 is 25.7 Å². The lowest BCUT2D eigenvalue weighted by atomic mass is 10.1. The molecule has 0 aliphatic carbocycles. The number of benzene rings is 2. The topological polar surface area (TPSA) is 99.6 Å². The lowest BCUT2D eigenvalue weighted by molar-refractivity contribution is -0.111. The van der Waals surface area contributed by atoms with Crippen molar-refractivity contribution in [3.63, 3.8) is 0 Å². The predicted molar refractivity (Wildman–Crippen MR) is 164 cm³/mol. The van der Waals surface area contributed by atoms with Crippen LogP contribution in [0.5, 0.6) is 5.75 Å². The molecular formula is C30H36N8O2. The number of para-hydroxylation sites is 1. The molecule has 0 atom stereocenters. The maximum atomic E-state index is 12.3. The number of aromatic nitrogens is 3. The lowest BCUT2D eigenvalue weighted by Crippen LogP contribution is -2.29. The predicted octanol–water partition coefficient (Wildman–Crippen LogP) is 5.05. The zero-order chi connectivity index (χ0) is 28.8. The molecule has 10 nitrogen and oxygen atoms in total. The van der Waals surface area contributed by atoms with Crippen LogP contribution in [0.15, 0.2) is 79.8 Å². The average molecular weight is 541 g/mol. The highest BCUT2D eigenvalue weighted by Crippen LogP contribution is 2.38. The second-order valence-electron chi connectivity index (χ2n) is 9.70. The number of rotatable bonds is 12. The fourth-order valence-corrected chi connectivity index (χ4v) is 4.28. The van der Waals surface area contributed by atoms with E-state index >= 15 is 0 Å². The van der Waals surface area contributed by atoms with Crippen molar-refractivity contribution in [2.45, 2.75) is 6.92 Å². The molecule has 0 saturated heterocycles. The number of hydrogen-bond acceptors (Lipinski definition) is 8. The van der Waals surface area contributed by atoms with Gasteiger partial charge < -0.3 is 25.2 Å². The molecular weight excluding hydrogens is 504 g/mol. The zero-order valence-electron chi connectivity index (χ0n) is 23.7. The largest absolute Gasteiger partial charge is 0.494 e. The molecule has 2 heterocycles. The first-order chi connectivity index (χ1) is 19.2. The number of allylic oxidation sites excluding steroid dienone is 1. The summed E-state index contributed by atoms with van der Waals surface area (Å²) in [6, 6.07) is 13.7. The zero-order valence-corrected chi connectivity index (χ0v) is 23.7. The molecule has 3 N–H and O–H groups in total. The SMILES string of the molecule is C=CC(=O)Nc1cc(Nc2nccc(-c3cn(NC(=C)C)c4ccccc34)n2)c(OC)cc1N(C)CCN(C)C. The average Bonchev–Trinajstić information content (AvgIpc) is 3.29. The normalized spacial score (nSPS) is 10.8. The van der Waals surface area contributed by atoms with Gasteiger partial charge in [0.2, 0.25) is 11.9 Å². The fraction of sp³-hybridized carbons (Fsp3) is 0.233. The first-order valence-corrected chi connectivity index (χ1v) is 12.8. The van der Waals surface area contributed by atoms with Crippen molar-refractivity contribution in [3.05, 3.63) is 79.8 Å². The van der Waals surface area contributed by atoms with Crippen molar-refractivity contribution in [3.8, 4) is 17.0 Å². The van der Waals surface area contributed by atoms with E-state index in [1.807, 2.05) is 75.3 Å². The summed E-state index contributed by atoms with van der Waals surface area (Å²) in [5, 5.41) is 7.24. The summed E-state index contributed by atoms with van der Waals surface area (Å²) >= 11 is 0. The number of likely N-dealkylation sites (N-methyl/N-ethyl adjacent to an activating group) is 2. The third-order valence-corrected chi connectivity index (χ3v) is 6.26. The minimum atomic E-state index is -0.309. The second-order valence-corrected chi connectivity index (χ2v) is 9.70. The second kappa shape index (κ2) is 12.4. The molecule has 0 aliphatic heterocycles. The number of nitrogens with zero attached hydrogens (tertiary/aromatic N) is 5. The van der Waals surface area contributed by atoms with Gasteiger partial charge in [0.15, 0.2) is 0 Å². The van der Waals surface area contributed by atoms with E-state index in [2.05, 4.69) is 50.1 Å². The van der Waals surface area contributed by atoms with Crippen molar-refractivity contribution in [1.82, 2.24) is 19.5 Å². The fourth-order valence-electron chi connectivity index (χ4n) is 4.28. The molecule has 2 aromatic carbocycles. The molecule has 0 fully saturated rings. The minimum absolute atomic E-state index is 0.309. The van der Waals surface area contributed by atoms with Crippen molar-refractivity contribution < 1.29 is 9.53 Å². The Morgan fingerprint density at radius 2 is 1.90 bits per heavy atom. The lowest BCUT2D eigenvalue weighted by Gasteiger charge is -2.26.